The number of nitrogens with two attached hydrogens (primary N) is 1. The Labute approximate surface area is 172 Å². The lowest BCUT2D eigenvalue weighted by Crippen LogP contribution is -2.37. The second-order valence-corrected chi connectivity index (χ2v) is 8.04. The Morgan fingerprint density at radius 1 is 1.43 bits per heavy atom. The van der Waals surface area contributed by atoms with Crippen molar-refractivity contribution in [1.82, 2.24) is 24.5 Å². The van der Waals surface area contributed by atoms with Gasteiger partial charge >= 0.3 is 5.97 Å². The Morgan fingerprint density at radius 2 is 2.23 bits per heavy atom. The maximum Gasteiger partial charge on any atom is 0.358 e. The highest BCUT2D eigenvalue weighted by molar-refractivity contribution is 5.88. The minimum Gasteiger partial charge on any atom is -0.464 e. The summed E-state index contributed by atoms with van der Waals surface area (Å²) < 4.78 is 36.5. The van der Waals surface area contributed by atoms with Gasteiger partial charge in [0.15, 0.2) is 11.5 Å². The number of hydrogen-bond donors (Lipinski definition) is 1. The smallest absolute Gasteiger partial charge is 0.358 e. The molecular weight excluding hydrogens is 394 g/mol. The minimum atomic E-state index is -1.30. The van der Waals surface area contributed by atoms with E-state index in [-0.39, 0.29) is 12.1 Å². The second kappa shape index (κ2) is 7.75. The molecule has 10 heteroatoms. The first-order valence-electron chi connectivity index (χ1n) is 9.85. The number of esters is 1. The molecule has 30 heavy (non-hydrogen) atoms. The van der Waals surface area contributed by atoms with E-state index in [2.05, 4.69) is 15.3 Å². The molecule has 2 N–H and O–H groups in total. The van der Waals surface area contributed by atoms with Crippen LogP contribution >= 0.6 is 0 Å². The predicted octanol–water partition coefficient (Wildman–Crippen LogP) is 2.36. The number of carbonyl (C=O) groups excluding carboxylic acids is 1. The number of fused-ring (bicyclic) bond motifs is 3. The van der Waals surface area contributed by atoms with Crippen molar-refractivity contribution in [3.05, 3.63) is 41.6 Å². The van der Waals surface area contributed by atoms with Crippen molar-refractivity contribution in [1.29, 1.82) is 0 Å². The summed E-state index contributed by atoms with van der Waals surface area (Å²) in [5, 5.41) is 12.9. The van der Waals surface area contributed by atoms with Crippen LogP contribution in [0.2, 0.25) is 0 Å². The SMILES string of the molecule is COC(=O)c1cc2n(n1)CCCn1c(CC(N)CC3(C)C=C(F)C=CC3F)nnc1-2. The van der Waals surface area contributed by atoms with Gasteiger partial charge in [-0.3, -0.25) is 4.68 Å². The van der Waals surface area contributed by atoms with E-state index in [1.807, 2.05) is 4.57 Å². The van der Waals surface area contributed by atoms with Gasteiger partial charge in [-0.25, -0.2) is 13.6 Å². The Balaban J connectivity index is 1.56. The van der Waals surface area contributed by atoms with Gasteiger partial charge in [-0.2, -0.15) is 5.10 Å². The van der Waals surface area contributed by atoms with Gasteiger partial charge in [-0.15, -0.1) is 10.2 Å². The van der Waals surface area contributed by atoms with Crippen molar-refractivity contribution in [2.45, 2.75) is 51.5 Å². The molecule has 4 rings (SSSR count). The number of methoxy groups -OCH3 is 1. The molecule has 0 radical (unpaired) electrons. The van der Waals surface area contributed by atoms with Gasteiger partial charge in [0, 0.05) is 37.0 Å². The molecule has 160 valence electrons. The van der Waals surface area contributed by atoms with Crippen molar-refractivity contribution in [3.8, 4) is 11.5 Å². The van der Waals surface area contributed by atoms with Crippen molar-refractivity contribution in [2.75, 3.05) is 7.11 Å². The number of aromatic nitrogens is 5. The van der Waals surface area contributed by atoms with E-state index in [9.17, 15) is 13.6 Å². The van der Waals surface area contributed by atoms with Gasteiger partial charge < -0.3 is 15.0 Å². The van der Waals surface area contributed by atoms with Crippen LogP contribution < -0.4 is 5.73 Å². The van der Waals surface area contributed by atoms with Gasteiger partial charge in [0.05, 0.1) is 7.11 Å². The van der Waals surface area contributed by atoms with E-state index in [1.54, 1.807) is 17.7 Å². The molecule has 3 atom stereocenters. The highest BCUT2D eigenvalue weighted by Gasteiger charge is 2.36. The molecule has 3 heterocycles. The first-order valence-corrected chi connectivity index (χ1v) is 9.85. The van der Waals surface area contributed by atoms with Gasteiger partial charge in [-0.1, -0.05) is 6.92 Å². The van der Waals surface area contributed by atoms with Crippen molar-refractivity contribution in [3.63, 3.8) is 0 Å². The number of nitrogens with zero attached hydrogens (tertiary/aromatic N) is 5. The molecule has 0 aromatic carbocycles. The fourth-order valence-corrected chi connectivity index (χ4v) is 4.14. The summed E-state index contributed by atoms with van der Waals surface area (Å²) in [7, 11) is 1.31. The summed E-state index contributed by atoms with van der Waals surface area (Å²) in [5.41, 5.74) is 6.20. The van der Waals surface area contributed by atoms with Crippen molar-refractivity contribution in [2.24, 2.45) is 11.1 Å². The lowest BCUT2D eigenvalue weighted by Gasteiger charge is -2.32. The van der Waals surface area contributed by atoms with Crippen LogP contribution in [-0.2, 0) is 24.2 Å². The number of halogens is 2. The standard InChI is InChI=1S/C20H24F2N6O2/c1-20(10-12(21)4-5-16(20)22)11-13(23)8-17-24-25-18-15-9-14(19(29)30-2)26-28(15)7-3-6-27(17)18/h4-5,9-10,13,16H,3,6-8,11,23H2,1-2H3. The summed E-state index contributed by atoms with van der Waals surface area (Å²) in [4.78, 5) is 11.8. The maximum atomic E-state index is 14.4. The molecule has 0 amide bonds. The zero-order chi connectivity index (χ0) is 21.5. The molecule has 8 nitrogen and oxygen atoms in total. The molecule has 2 aromatic heterocycles. The first kappa shape index (κ1) is 20.4. The Kier molecular flexibility index (Phi) is 5.27. The average Bonchev–Trinajstić information content (AvgIpc) is 3.24. The largest absolute Gasteiger partial charge is 0.464 e. The van der Waals surface area contributed by atoms with Crippen molar-refractivity contribution >= 4 is 5.97 Å². The van der Waals surface area contributed by atoms with Gasteiger partial charge in [0.2, 0.25) is 0 Å². The van der Waals surface area contributed by atoms with E-state index >= 15 is 0 Å². The predicted molar refractivity (Wildman–Crippen MR) is 105 cm³/mol. The van der Waals surface area contributed by atoms with E-state index in [4.69, 9.17) is 10.5 Å². The molecule has 2 aliphatic rings. The van der Waals surface area contributed by atoms with Crippen LogP contribution in [0.25, 0.3) is 11.5 Å². The molecule has 0 spiro atoms. The number of ether oxygens (including phenoxy) is 1. The fraction of sp³-hybridized carbons (Fsp3) is 0.500. The van der Waals surface area contributed by atoms with E-state index in [0.717, 1.165) is 12.5 Å². The van der Waals surface area contributed by atoms with Crippen LogP contribution in [0, 0.1) is 5.41 Å². The zero-order valence-electron chi connectivity index (χ0n) is 16.9. The molecule has 0 saturated carbocycles. The number of allylic oxidation sites excluding steroid dienone is 4. The summed E-state index contributed by atoms with van der Waals surface area (Å²) in [5.74, 6) is 0.296. The summed E-state index contributed by atoms with van der Waals surface area (Å²) in [6.07, 6.45) is 3.77. The van der Waals surface area contributed by atoms with Crippen LogP contribution in [0.1, 0.15) is 36.1 Å². The molecule has 1 aliphatic carbocycles. The maximum absolute atomic E-state index is 14.4. The van der Waals surface area contributed by atoms with E-state index in [0.29, 0.717) is 36.9 Å². The number of alkyl halides is 1. The molecule has 0 fully saturated rings. The number of hydrogen-bond acceptors (Lipinski definition) is 6. The third kappa shape index (κ3) is 3.67. The topological polar surface area (TPSA) is 101 Å². The quantitative estimate of drug-likeness (QED) is 0.748. The average molecular weight is 418 g/mol. The Morgan fingerprint density at radius 3 is 3.00 bits per heavy atom. The summed E-state index contributed by atoms with van der Waals surface area (Å²) >= 11 is 0. The van der Waals surface area contributed by atoms with Crippen LogP contribution in [-0.4, -0.2) is 49.8 Å². The monoisotopic (exact) mass is 418 g/mol. The van der Waals surface area contributed by atoms with Crippen molar-refractivity contribution < 1.29 is 18.3 Å². The van der Waals surface area contributed by atoms with Crippen LogP contribution in [0.5, 0.6) is 0 Å². The molecule has 0 saturated heterocycles. The highest BCUT2D eigenvalue weighted by atomic mass is 19.1. The third-order valence-electron chi connectivity index (χ3n) is 5.65. The molecule has 2 aromatic rings. The number of rotatable bonds is 5. The van der Waals surface area contributed by atoms with E-state index in [1.165, 1.54) is 19.3 Å². The van der Waals surface area contributed by atoms with Gasteiger partial charge in [0.25, 0.3) is 0 Å². The van der Waals surface area contributed by atoms with Crippen LogP contribution in [0.15, 0.2) is 30.1 Å². The second-order valence-electron chi connectivity index (χ2n) is 8.04. The molecule has 3 unspecified atom stereocenters. The van der Waals surface area contributed by atoms with Gasteiger partial charge in [0.1, 0.15) is 23.5 Å². The fourth-order valence-electron chi connectivity index (χ4n) is 4.14. The zero-order valence-corrected chi connectivity index (χ0v) is 16.9. The Bertz CT molecular complexity index is 1030. The number of carbonyl (C=O) groups is 1. The van der Waals surface area contributed by atoms with Crippen LogP contribution in [0.3, 0.4) is 0 Å². The van der Waals surface area contributed by atoms with Crippen LogP contribution in [0.4, 0.5) is 8.78 Å². The molecular formula is C20H24F2N6O2. The minimum absolute atomic E-state index is 0.211. The molecule has 1 aliphatic heterocycles. The highest BCUT2D eigenvalue weighted by Crippen LogP contribution is 2.37. The summed E-state index contributed by atoms with van der Waals surface area (Å²) in [6, 6.07) is 1.20. The lowest BCUT2D eigenvalue weighted by molar-refractivity contribution is 0.0593. The normalized spacial score (nSPS) is 23.9. The first-order chi connectivity index (χ1) is 14.3. The third-order valence-corrected chi connectivity index (χ3v) is 5.65. The summed E-state index contributed by atoms with van der Waals surface area (Å²) in [6.45, 7) is 2.96. The molecule has 0 bridgehead atoms. The van der Waals surface area contributed by atoms with E-state index < -0.39 is 29.4 Å². The Hall–Kier alpha value is -2.88. The van der Waals surface area contributed by atoms with Gasteiger partial charge in [-0.05, 0) is 31.1 Å². The number of aryl methyl sites for hydroxylation is 1. The lowest BCUT2D eigenvalue weighted by atomic mass is 9.76.